The van der Waals surface area contributed by atoms with Crippen molar-refractivity contribution in [3.05, 3.63) is 53.3 Å². The zero-order valence-electron chi connectivity index (χ0n) is 18.9. The monoisotopic (exact) mass is 459 g/mol. The number of carbonyl (C=O) groups is 4. The quantitative estimate of drug-likeness (QED) is 0.708. The first-order valence-electron chi connectivity index (χ1n) is 11.7. The molecule has 1 aliphatic carbocycles. The smallest absolute Gasteiger partial charge is 0.322 e. The minimum absolute atomic E-state index is 0.0315. The number of rotatable bonds is 4. The van der Waals surface area contributed by atoms with Gasteiger partial charge in [0.05, 0.1) is 17.9 Å². The molecule has 34 heavy (non-hydrogen) atoms. The number of amides is 5. The molecular formula is C25H25N5O4. The van der Waals surface area contributed by atoms with E-state index in [9.17, 15) is 19.2 Å². The molecule has 174 valence electrons. The summed E-state index contributed by atoms with van der Waals surface area (Å²) in [5.74, 6) is -0.402. The highest BCUT2D eigenvalue weighted by molar-refractivity contribution is 6.08. The topological polar surface area (TPSA) is 103 Å². The number of fused-ring (bicyclic) bond motifs is 1. The molecule has 2 atom stereocenters. The van der Waals surface area contributed by atoms with E-state index in [1.807, 2.05) is 25.1 Å². The van der Waals surface area contributed by atoms with Crippen molar-refractivity contribution in [2.24, 2.45) is 0 Å². The van der Waals surface area contributed by atoms with Gasteiger partial charge in [0.25, 0.3) is 5.91 Å². The number of hydrogen-bond donors (Lipinski definition) is 1. The maximum atomic E-state index is 13.4. The SMILES string of the molecule is C[C@@H]1CN(c2ccc3c(c2)CN(C2CCC(=O)NC2=O)C3=O)C(=O)N1c1ccc(C2CC2)nc1. The molecule has 3 fully saturated rings. The molecule has 1 aromatic heterocycles. The third-order valence-corrected chi connectivity index (χ3v) is 7.19. The van der Waals surface area contributed by atoms with Gasteiger partial charge in [-0.15, -0.1) is 0 Å². The van der Waals surface area contributed by atoms with Gasteiger partial charge in [-0.2, -0.15) is 0 Å². The fourth-order valence-electron chi connectivity index (χ4n) is 5.21. The minimum atomic E-state index is -0.656. The molecule has 6 rings (SSSR count). The lowest BCUT2D eigenvalue weighted by Crippen LogP contribution is -2.52. The fourth-order valence-corrected chi connectivity index (χ4v) is 5.21. The first-order chi connectivity index (χ1) is 16.4. The van der Waals surface area contributed by atoms with Crippen LogP contribution in [0.15, 0.2) is 36.5 Å². The van der Waals surface area contributed by atoms with Crippen molar-refractivity contribution in [1.29, 1.82) is 0 Å². The van der Waals surface area contributed by atoms with Crippen LogP contribution in [0.5, 0.6) is 0 Å². The van der Waals surface area contributed by atoms with Crippen molar-refractivity contribution in [3.63, 3.8) is 0 Å². The van der Waals surface area contributed by atoms with Gasteiger partial charge in [0.15, 0.2) is 0 Å². The predicted molar refractivity (Wildman–Crippen MR) is 123 cm³/mol. The summed E-state index contributed by atoms with van der Waals surface area (Å²) in [5, 5.41) is 2.32. The average Bonchev–Trinajstić information content (AvgIpc) is 3.56. The molecule has 4 aliphatic rings. The van der Waals surface area contributed by atoms with Gasteiger partial charge in [-0.25, -0.2) is 4.79 Å². The first kappa shape index (κ1) is 20.8. The fraction of sp³-hybridized carbons (Fsp3) is 0.400. The maximum Gasteiger partial charge on any atom is 0.329 e. The van der Waals surface area contributed by atoms with E-state index in [0.29, 0.717) is 24.4 Å². The highest BCUT2D eigenvalue weighted by Gasteiger charge is 2.41. The zero-order chi connectivity index (χ0) is 23.6. The molecule has 2 saturated heterocycles. The van der Waals surface area contributed by atoms with Crippen molar-refractivity contribution in [2.45, 2.75) is 57.2 Å². The van der Waals surface area contributed by atoms with Crippen LogP contribution in [-0.4, -0.2) is 52.3 Å². The Hall–Kier alpha value is -3.75. The Balaban J connectivity index is 1.22. The van der Waals surface area contributed by atoms with Gasteiger partial charge in [-0.3, -0.25) is 34.5 Å². The van der Waals surface area contributed by atoms with Gasteiger partial charge in [-0.1, -0.05) is 0 Å². The Kier molecular flexibility index (Phi) is 4.68. The molecule has 9 heteroatoms. The van der Waals surface area contributed by atoms with Crippen molar-refractivity contribution in [2.75, 3.05) is 16.3 Å². The van der Waals surface area contributed by atoms with Crippen molar-refractivity contribution < 1.29 is 19.2 Å². The summed E-state index contributed by atoms with van der Waals surface area (Å²) in [5.41, 5.74) is 3.90. The highest BCUT2D eigenvalue weighted by Crippen LogP contribution is 2.40. The number of hydrogen-bond acceptors (Lipinski definition) is 5. The van der Waals surface area contributed by atoms with E-state index in [1.165, 1.54) is 17.7 Å². The first-order valence-corrected chi connectivity index (χ1v) is 11.7. The highest BCUT2D eigenvalue weighted by atomic mass is 16.2. The van der Waals surface area contributed by atoms with Gasteiger partial charge < -0.3 is 4.90 Å². The number of nitrogens with zero attached hydrogens (tertiary/aromatic N) is 4. The second kappa shape index (κ2) is 7.65. The molecule has 1 saturated carbocycles. The van der Waals surface area contributed by atoms with Crippen molar-refractivity contribution >= 4 is 35.1 Å². The normalized spacial score (nSPS) is 24.7. The summed E-state index contributed by atoms with van der Waals surface area (Å²) in [6, 6.07) is 8.55. The van der Waals surface area contributed by atoms with Gasteiger partial charge >= 0.3 is 6.03 Å². The maximum absolute atomic E-state index is 13.4. The Morgan fingerprint density at radius 3 is 2.50 bits per heavy atom. The lowest BCUT2D eigenvalue weighted by atomic mass is 10.0. The van der Waals surface area contributed by atoms with Gasteiger partial charge in [0, 0.05) is 42.4 Å². The van der Waals surface area contributed by atoms with E-state index >= 15 is 0 Å². The Bertz CT molecular complexity index is 1220. The van der Waals surface area contributed by atoms with Crippen LogP contribution < -0.4 is 15.1 Å². The van der Waals surface area contributed by atoms with Crippen molar-refractivity contribution in [1.82, 2.24) is 15.2 Å². The van der Waals surface area contributed by atoms with Crippen LogP contribution in [0.3, 0.4) is 0 Å². The summed E-state index contributed by atoms with van der Waals surface area (Å²) in [7, 11) is 0. The number of pyridine rings is 1. The Morgan fingerprint density at radius 2 is 1.79 bits per heavy atom. The summed E-state index contributed by atoms with van der Waals surface area (Å²) < 4.78 is 0. The molecule has 1 aromatic carbocycles. The number of piperidine rings is 1. The van der Waals surface area contributed by atoms with Crippen LogP contribution in [0, 0.1) is 0 Å². The summed E-state index contributed by atoms with van der Waals surface area (Å²) in [6.07, 6.45) is 4.68. The van der Waals surface area contributed by atoms with E-state index in [4.69, 9.17) is 0 Å². The summed E-state index contributed by atoms with van der Waals surface area (Å²) in [6.45, 7) is 2.81. The summed E-state index contributed by atoms with van der Waals surface area (Å²) >= 11 is 0. The number of imide groups is 1. The number of urea groups is 1. The van der Waals surface area contributed by atoms with Crippen LogP contribution in [0.4, 0.5) is 16.2 Å². The average molecular weight is 460 g/mol. The largest absolute Gasteiger partial charge is 0.329 e. The van der Waals surface area contributed by atoms with Crippen molar-refractivity contribution in [3.8, 4) is 0 Å². The number of benzene rings is 1. The van der Waals surface area contributed by atoms with Gasteiger partial charge in [0.1, 0.15) is 6.04 Å². The number of nitrogens with one attached hydrogen (secondary N) is 1. The minimum Gasteiger partial charge on any atom is -0.322 e. The standard InChI is InChI=1S/C25H25N5O4/c1-14-12-28(25(34)30(14)18-5-7-20(26-11-18)15-2-3-15)17-4-6-19-16(10-17)13-29(24(19)33)21-8-9-22(31)27-23(21)32/h4-7,10-11,14-15,21H,2-3,8-9,12-13H2,1H3,(H,27,31,32)/t14-,21?/m1/s1. The van der Waals surface area contributed by atoms with E-state index in [1.54, 1.807) is 28.1 Å². The molecule has 5 amide bonds. The number of carbonyl (C=O) groups excluding carboxylic acids is 4. The van der Waals surface area contributed by atoms with Gasteiger partial charge in [-0.05, 0) is 62.1 Å². The number of anilines is 2. The van der Waals surface area contributed by atoms with E-state index in [-0.39, 0.29) is 36.9 Å². The second-order valence-corrected chi connectivity index (χ2v) is 9.57. The van der Waals surface area contributed by atoms with Crippen LogP contribution in [0.2, 0.25) is 0 Å². The molecule has 3 aliphatic heterocycles. The lowest BCUT2D eigenvalue weighted by Gasteiger charge is -2.29. The molecule has 0 spiro atoms. The molecular weight excluding hydrogens is 434 g/mol. The van der Waals surface area contributed by atoms with Crippen LogP contribution in [-0.2, 0) is 16.1 Å². The molecule has 1 unspecified atom stereocenters. The van der Waals surface area contributed by atoms with Crippen LogP contribution >= 0.6 is 0 Å². The molecule has 9 nitrogen and oxygen atoms in total. The lowest BCUT2D eigenvalue weighted by molar-refractivity contribution is -0.136. The predicted octanol–water partition coefficient (Wildman–Crippen LogP) is 2.56. The number of aromatic nitrogens is 1. The second-order valence-electron chi connectivity index (χ2n) is 9.57. The third kappa shape index (κ3) is 3.34. The molecule has 0 radical (unpaired) electrons. The summed E-state index contributed by atoms with van der Waals surface area (Å²) in [4.78, 5) is 59.6. The van der Waals surface area contributed by atoms with E-state index < -0.39 is 11.9 Å². The molecule has 4 heterocycles. The molecule has 1 N–H and O–H groups in total. The van der Waals surface area contributed by atoms with E-state index in [2.05, 4.69) is 10.3 Å². The van der Waals surface area contributed by atoms with E-state index in [0.717, 1.165) is 22.6 Å². The van der Waals surface area contributed by atoms with Gasteiger partial charge in [0.2, 0.25) is 11.8 Å². The van der Waals surface area contributed by atoms with Crippen LogP contribution in [0.1, 0.15) is 60.1 Å². The molecule has 2 aromatic rings. The zero-order valence-corrected chi connectivity index (χ0v) is 18.9. The Morgan fingerprint density at radius 1 is 1.00 bits per heavy atom. The molecule has 0 bridgehead atoms. The van der Waals surface area contributed by atoms with Crippen LogP contribution in [0.25, 0.3) is 0 Å². The Labute approximate surface area is 196 Å². The third-order valence-electron chi connectivity index (χ3n) is 7.19.